The molecule has 1 aliphatic carbocycles. The van der Waals surface area contributed by atoms with Gasteiger partial charge in [0.05, 0.1) is 18.7 Å². The van der Waals surface area contributed by atoms with Crippen molar-refractivity contribution in [2.75, 3.05) is 39.3 Å². The first-order chi connectivity index (χ1) is 9.93. The van der Waals surface area contributed by atoms with E-state index in [0.717, 1.165) is 39.0 Å². The van der Waals surface area contributed by atoms with Crippen LogP contribution >= 0.6 is 0 Å². The molecule has 6 heteroatoms. The molecular formula is C15H26N4O2. The molecule has 21 heavy (non-hydrogen) atoms. The van der Waals surface area contributed by atoms with Crippen molar-refractivity contribution >= 4 is 5.91 Å². The number of piperazine rings is 1. The van der Waals surface area contributed by atoms with Gasteiger partial charge in [0.2, 0.25) is 5.91 Å². The van der Waals surface area contributed by atoms with Crippen molar-refractivity contribution in [2.24, 2.45) is 5.92 Å². The van der Waals surface area contributed by atoms with Gasteiger partial charge in [-0.05, 0) is 32.6 Å². The third kappa shape index (κ3) is 4.67. The average molecular weight is 294 g/mol. The lowest BCUT2D eigenvalue weighted by molar-refractivity contribution is -0.124. The van der Waals surface area contributed by atoms with Crippen molar-refractivity contribution in [3.05, 3.63) is 0 Å². The van der Waals surface area contributed by atoms with Gasteiger partial charge in [-0.15, -0.1) is 0 Å². The van der Waals surface area contributed by atoms with Crippen LogP contribution in [0.4, 0.5) is 0 Å². The number of aliphatic hydroxyl groups excluding tert-OH is 1. The van der Waals surface area contributed by atoms with Crippen LogP contribution in [0.25, 0.3) is 0 Å². The summed E-state index contributed by atoms with van der Waals surface area (Å²) in [5, 5.41) is 21.5. The summed E-state index contributed by atoms with van der Waals surface area (Å²) in [6.45, 7) is 8.05. The zero-order valence-corrected chi connectivity index (χ0v) is 13.0. The van der Waals surface area contributed by atoms with E-state index >= 15 is 0 Å². The van der Waals surface area contributed by atoms with E-state index in [1.165, 1.54) is 0 Å². The van der Waals surface area contributed by atoms with Crippen LogP contribution in [0.5, 0.6) is 0 Å². The lowest BCUT2D eigenvalue weighted by atomic mass is 9.98. The Morgan fingerprint density at radius 1 is 1.38 bits per heavy atom. The largest absolute Gasteiger partial charge is 0.392 e. The van der Waals surface area contributed by atoms with Crippen molar-refractivity contribution in [2.45, 2.75) is 38.3 Å². The Morgan fingerprint density at radius 2 is 1.95 bits per heavy atom. The molecule has 0 aromatic rings. The number of nitriles is 1. The number of nitrogens with zero attached hydrogens (tertiary/aromatic N) is 3. The summed E-state index contributed by atoms with van der Waals surface area (Å²) in [5.74, 6) is 0.254. The maximum Gasteiger partial charge on any atom is 0.235 e. The molecule has 1 heterocycles. The Hall–Kier alpha value is -1.16. The molecule has 2 atom stereocenters. The molecule has 2 N–H and O–H groups in total. The number of amides is 1. The van der Waals surface area contributed by atoms with Crippen LogP contribution < -0.4 is 5.32 Å². The van der Waals surface area contributed by atoms with E-state index in [1.54, 1.807) is 6.92 Å². The molecule has 118 valence electrons. The lowest BCUT2D eigenvalue weighted by Crippen LogP contribution is -2.54. The van der Waals surface area contributed by atoms with Gasteiger partial charge in [-0.1, -0.05) is 0 Å². The number of hydrogen-bond donors (Lipinski definition) is 2. The molecule has 0 spiro atoms. The number of rotatable bonds is 6. The third-order valence-corrected chi connectivity index (χ3v) is 4.38. The molecule has 2 rings (SSSR count). The predicted octanol–water partition coefficient (Wildman–Crippen LogP) is -0.207. The van der Waals surface area contributed by atoms with Gasteiger partial charge in [0.1, 0.15) is 5.54 Å². The Bertz CT molecular complexity index is 408. The van der Waals surface area contributed by atoms with Crippen molar-refractivity contribution in [1.29, 1.82) is 5.26 Å². The summed E-state index contributed by atoms with van der Waals surface area (Å²) >= 11 is 0. The quantitative estimate of drug-likeness (QED) is 0.709. The number of carbonyl (C=O) groups is 1. The number of carbonyl (C=O) groups excluding carboxylic acids is 1. The molecule has 0 radical (unpaired) electrons. The summed E-state index contributed by atoms with van der Waals surface area (Å²) in [5.41, 5.74) is -0.703. The van der Waals surface area contributed by atoms with Gasteiger partial charge < -0.3 is 10.4 Å². The summed E-state index contributed by atoms with van der Waals surface area (Å²) in [6.07, 6.45) is 1.75. The molecule has 0 bridgehead atoms. The molecule has 1 amide bonds. The minimum absolute atomic E-state index is 0.0603. The van der Waals surface area contributed by atoms with E-state index in [-0.39, 0.29) is 12.0 Å². The number of nitrogens with one attached hydrogen (secondary N) is 1. The average Bonchev–Trinajstić information content (AvgIpc) is 3.25. The second-order valence-electron chi connectivity index (χ2n) is 6.56. The van der Waals surface area contributed by atoms with Crippen LogP contribution in [-0.4, -0.2) is 71.7 Å². The first-order valence-corrected chi connectivity index (χ1v) is 7.78. The van der Waals surface area contributed by atoms with Crippen LogP contribution in [0.15, 0.2) is 0 Å². The highest BCUT2D eigenvalue weighted by molar-refractivity contribution is 5.79. The van der Waals surface area contributed by atoms with Crippen molar-refractivity contribution in [3.63, 3.8) is 0 Å². The van der Waals surface area contributed by atoms with Crippen molar-refractivity contribution in [3.8, 4) is 6.07 Å². The smallest absolute Gasteiger partial charge is 0.235 e. The maximum absolute atomic E-state index is 12.1. The fraction of sp³-hybridized carbons (Fsp3) is 0.867. The SMILES string of the molecule is C[C@H](O)CN1CCN(CC(=O)N[C@@](C)(C#N)C2CC2)CC1. The van der Waals surface area contributed by atoms with Gasteiger partial charge in [0.15, 0.2) is 0 Å². The highest BCUT2D eigenvalue weighted by Crippen LogP contribution is 2.39. The second kappa shape index (κ2) is 6.73. The van der Waals surface area contributed by atoms with E-state index in [0.29, 0.717) is 19.0 Å². The highest BCUT2D eigenvalue weighted by Gasteiger charge is 2.43. The van der Waals surface area contributed by atoms with Crippen LogP contribution in [0.2, 0.25) is 0 Å². The van der Waals surface area contributed by atoms with E-state index in [1.807, 2.05) is 6.92 Å². The minimum Gasteiger partial charge on any atom is -0.392 e. The predicted molar refractivity (Wildman–Crippen MR) is 79.4 cm³/mol. The summed E-state index contributed by atoms with van der Waals surface area (Å²) < 4.78 is 0. The zero-order valence-electron chi connectivity index (χ0n) is 13.0. The molecule has 0 aromatic carbocycles. The Labute approximate surface area is 126 Å². The van der Waals surface area contributed by atoms with Gasteiger partial charge in [0, 0.05) is 32.7 Å². The van der Waals surface area contributed by atoms with E-state index in [9.17, 15) is 15.2 Å². The Kier molecular flexibility index (Phi) is 5.20. The first-order valence-electron chi connectivity index (χ1n) is 7.78. The maximum atomic E-state index is 12.1. The fourth-order valence-corrected chi connectivity index (χ4v) is 2.92. The van der Waals surface area contributed by atoms with Crippen LogP contribution in [0.1, 0.15) is 26.7 Å². The van der Waals surface area contributed by atoms with Crippen molar-refractivity contribution < 1.29 is 9.90 Å². The zero-order chi connectivity index (χ0) is 15.5. The molecule has 6 nitrogen and oxygen atoms in total. The number of β-amino-alcohol motifs (C(OH)–C–C–N with tert-alkyl or cyclic N) is 1. The van der Waals surface area contributed by atoms with Gasteiger partial charge in [-0.25, -0.2) is 0 Å². The molecule has 0 unspecified atom stereocenters. The number of aliphatic hydroxyl groups is 1. The van der Waals surface area contributed by atoms with Crippen LogP contribution in [0.3, 0.4) is 0 Å². The van der Waals surface area contributed by atoms with E-state index in [2.05, 4.69) is 21.2 Å². The molecule has 1 saturated carbocycles. The molecule has 1 saturated heterocycles. The standard InChI is InChI=1S/C15H26N4O2/c1-12(20)9-18-5-7-19(8-6-18)10-14(21)17-15(2,11-16)13-3-4-13/h12-13,20H,3-10H2,1-2H3,(H,17,21)/t12-,15-/m0/s1. The molecule has 1 aliphatic heterocycles. The van der Waals surface area contributed by atoms with Gasteiger partial charge >= 0.3 is 0 Å². The Balaban J connectivity index is 1.73. The summed E-state index contributed by atoms with van der Waals surface area (Å²) in [7, 11) is 0. The molecule has 2 aliphatic rings. The third-order valence-electron chi connectivity index (χ3n) is 4.38. The van der Waals surface area contributed by atoms with Crippen LogP contribution in [0, 0.1) is 17.2 Å². The van der Waals surface area contributed by atoms with E-state index < -0.39 is 5.54 Å². The minimum atomic E-state index is -0.703. The fourth-order valence-electron chi connectivity index (χ4n) is 2.92. The molecule has 0 aromatic heterocycles. The topological polar surface area (TPSA) is 79.6 Å². The van der Waals surface area contributed by atoms with E-state index in [4.69, 9.17) is 0 Å². The summed E-state index contributed by atoms with van der Waals surface area (Å²) in [6, 6.07) is 2.25. The van der Waals surface area contributed by atoms with Gasteiger partial charge in [-0.2, -0.15) is 5.26 Å². The second-order valence-corrected chi connectivity index (χ2v) is 6.56. The molecule has 2 fully saturated rings. The van der Waals surface area contributed by atoms with Crippen molar-refractivity contribution in [1.82, 2.24) is 15.1 Å². The monoisotopic (exact) mass is 294 g/mol. The lowest BCUT2D eigenvalue weighted by Gasteiger charge is -2.35. The number of hydrogen-bond acceptors (Lipinski definition) is 5. The summed E-state index contributed by atoms with van der Waals surface area (Å²) in [4.78, 5) is 16.4. The molecular weight excluding hydrogens is 268 g/mol. The Morgan fingerprint density at radius 3 is 2.43 bits per heavy atom. The van der Waals surface area contributed by atoms with Gasteiger partial charge in [-0.3, -0.25) is 14.6 Å². The van der Waals surface area contributed by atoms with Gasteiger partial charge in [0.25, 0.3) is 0 Å². The van der Waals surface area contributed by atoms with Crippen LogP contribution in [-0.2, 0) is 4.79 Å². The highest BCUT2D eigenvalue weighted by atomic mass is 16.3. The first kappa shape index (κ1) is 16.2. The normalized spacial score (nSPS) is 24.9.